The van der Waals surface area contributed by atoms with Crippen LogP contribution in [0, 0.1) is 5.92 Å². The molecule has 0 amide bonds. The first kappa shape index (κ1) is 16.2. The van der Waals surface area contributed by atoms with Crippen molar-refractivity contribution in [2.45, 2.75) is 24.3 Å². The number of ether oxygens (including phenoxy) is 1. The van der Waals surface area contributed by atoms with Gasteiger partial charge in [0.15, 0.2) is 0 Å². The summed E-state index contributed by atoms with van der Waals surface area (Å²) in [6, 6.07) is 10.6. The van der Waals surface area contributed by atoms with Crippen LogP contribution in [0.2, 0.25) is 0 Å². The second-order valence-electron chi connectivity index (χ2n) is 6.01. The van der Waals surface area contributed by atoms with Crippen molar-refractivity contribution in [1.82, 2.24) is 10.0 Å². The molecule has 0 saturated carbocycles. The van der Waals surface area contributed by atoms with E-state index in [1.165, 1.54) is 0 Å². The van der Waals surface area contributed by atoms with Crippen molar-refractivity contribution in [3.63, 3.8) is 0 Å². The van der Waals surface area contributed by atoms with Gasteiger partial charge >= 0.3 is 0 Å². The fourth-order valence-electron chi connectivity index (χ4n) is 3.07. The highest BCUT2D eigenvalue weighted by Gasteiger charge is 2.27. The van der Waals surface area contributed by atoms with E-state index in [-0.39, 0.29) is 6.04 Å². The molecule has 23 heavy (non-hydrogen) atoms. The largest absolute Gasteiger partial charge is 0.496 e. The number of fused-ring (bicyclic) bond motifs is 1. The van der Waals surface area contributed by atoms with Crippen molar-refractivity contribution in [3.8, 4) is 5.75 Å². The van der Waals surface area contributed by atoms with Gasteiger partial charge in [0.05, 0.1) is 12.0 Å². The summed E-state index contributed by atoms with van der Waals surface area (Å²) in [6.07, 6.45) is 0.969. The smallest absolute Gasteiger partial charge is 0.241 e. The van der Waals surface area contributed by atoms with E-state index in [4.69, 9.17) is 4.74 Å². The Hall–Kier alpha value is -1.63. The standard InChI is InChI=1S/C17H22N2O3S/c1-12-9-10-18-11-15(12)19-23(20,21)17-8-7-16(22-2)13-5-3-4-6-14(13)17/h3-8,12,15,18-19H,9-11H2,1-2H3. The van der Waals surface area contributed by atoms with Gasteiger partial charge in [-0.25, -0.2) is 13.1 Å². The van der Waals surface area contributed by atoms with Crippen LogP contribution < -0.4 is 14.8 Å². The van der Waals surface area contributed by atoms with Gasteiger partial charge in [-0.1, -0.05) is 31.2 Å². The van der Waals surface area contributed by atoms with Gasteiger partial charge in [-0.15, -0.1) is 0 Å². The molecule has 2 N–H and O–H groups in total. The lowest BCUT2D eigenvalue weighted by Gasteiger charge is -2.30. The summed E-state index contributed by atoms with van der Waals surface area (Å²) < 4.78 is 34.0. The number of piperidine rings is 1. The topological polar surface area (TPSA) is 67.4 Å². The van der Waals surface area contributed by atoms with Gasteiger partial charge in [0, 0.05) is 23.4 Å². The van der Waals surface area contributed by atoms with Crippen LogP contribution in [0.25, 0.3) is 10.8 Å². The van der Waals surface area contributed by atoms with Crippen LogP contribution in [0.4, 0.5) is 0 Å². The van der Waals surface area contributed by atoms with E-state index in [9.17, 15) is 8.42 Å². The van der Waals surface area contributed by atoms with Crippen molar-refractivity contribution in [1.29, 1.82) is 0 Å². The minimum Gasteiger partial charge on any atom is -0.496 e. The summed E-state index contributed by atoms with van der Waals surface area (Å²) in [5, 5.41) is 4.72. The number of sulfonamides is 1. The first-order valence-electron chi connectivity index (χ1n) is 7.81. The highest BCUT2D eigenvalue weighted by molar-refractivity contribution is 7.89. The van der Waals surface area contributed by atoms with Crippen LogP contribution in [0.1, 0.15) is 13.3 Å². The second-order valence-corrected chi connectivity index (χ2v) is 7.69. The van der Waals surface area contributed by atoms with Crippen LogP contribution in [0.15, 0.2) is 41.3 Å². The van der Waals surface area contributed by atoms with E-state index in [0.717, 1.165) is 18.4 Å². The molecule has 1 saturated heterocycles. The molecule has 0 spiro atoms. The molecule has 0 radical (unpaired) electrons. The van der Waals surface area contributed by atoms with Gasteiger partial charge in [-0.3, -0.25) is 0 Å². The van der Waals surface area contributed by atoms with Crippen molar-refractivity contribution in [2.75, 3.05) is 20.2 Å². The third kappa shape index (κ3) is 3.20. The molecule has 5 nitrogen and oxygen atoms in total. The number of benzene rings is 2. The van der Waals surface area contributed by atoms with Gasteiger partial charge in [-0.2, -0.15) is 0 Å². The lowest BCUT2D eigenvalue weighted by molar-refractivity contribution is 0.327. The number of nitrogens with one attached hydrogen (secondary N) is 2. The normalized spacial score (nSPS) is 22.2. The Morgan fingerprint density at radius 1 is 1.17 bits per heavy atom. The molecule has 2 atom stereocenters. The molecule has 0 aromatic heterocycles. The van der Waals surface area contributed by atoms with E-state index >= 15 is 0 Å². The van der Waals surface area contributed by atoms with Gasteiger partial charge in [0.2, 0.25) is 10.0 Å². The first-order valence-corrected chi connectivity index (χ1v) is 9.30. The van der Waals surface area contributed by atoms with Crippen LogP contribution >= 0.6 is 0 Å². The summed E-state index contributed by atoms with van der Waals surface area (Å²) in [6.45, 7) is 3.68. The quantitative estimate of drug-likeness (QED) is 0.899. The molecule has 1 aliphatic heterocycles. The highest BCUT2D eigenvalue weighted by Crippen LogP contribution is 2.31. The summed E-state index contributed by atoms with van der Waals surface area (Å²) in [5.74, 6) is 0.989. The summed E-state index contributed by atoms with van der Waals surface area (Å²) in [7, 11) is -2.00. The lowest BCUT2D eigenvalue weighted by Crippen LogP contribution is -2.50. The fraction of sp³-hybridized carbons (Fsp3) is 0.412. The fourth-order valence-corrected chi connectivity index (χ4v) is 4.62. The third-order valence-electron chi connectivity index (χ3n) is 4.49. The molecule has 0 aliphatic carbocycles. The zero-order chi connectivity index (χ0) is 16.4. The molecular formula is C17H22N2O3S. The molecule has 1 heterocycles. The Bertz CT molecular complexity index is 805. The Kier molecular flexibility index (Phi) is 4.57. The minimum absolute atomic E-state index is 0.0883. The monoisotopic (exact) mass is 334 g/mol. The molecule has 0 bridgehead atoms. The van der Waals surface area contributed by atoms with Gasteiger partial charge in [0.1, 0.15) is 5.75 Å². The number of methoxy groups -OCH3 is 1. The van der Waals surface area contributed by atoms with E-state index < -0.39 is 10.0 Å². The number of hydrogen-bond acceptors (Lipinski definition) is 4. The highest BCUT2D eigenvalue weighted by atomic mass is 32.2. The Balaban J connectivity index is 2.01. The number of rotatable bonds is 4. The van der Waals surface area contributed by atoms with E-state index in [1.54, 1.807) is 19.2 Å². The SMILES string of the molecule is COc1ccc(S(=O)(=O)NC2CNCCC2C)c2ccccc12. The third-order valence-corrected chi connectivity index (χ3v) is 6.04. The van der Waals surface area contributed by atoms with Crippen LogP contribution in [-0.2, 0) is 10.0 Å². The van der Waals surface area contributed by atoms with E-state index in [1.807, 2.05) is 24.3 Å². The maximum Gasteiger partial charge on any atom is 0.241 e. The first-order chi connectivity index (χ1) is 11.0. The molecule has 124 valence electrons. The Labute approximate surface area is 137 Å². The summed E-state index contributed by atoms with van der Waals surface area (Å²) >= 11 is 0. The predicted octanol–water partition coefficient (Wildman–Crippen LogP) is 2.12. The molecule has 1 fully saturated rings. The molecule has 2 aromatic carbocycles. The maximum atomic E-state index is 12.9. The molecular weight excluding hydrogens is 312 g/mol. The van der Waals surface area contributed by atoms with Gasteiger partial charge < -0.3 is 10.1 Å². The van der Waals surface area contributed by atoms with Crippen LogP contribution in [-0.4, -0.2) is 34.7 Å². The maximum absolute atomic E-state index is 12.9. The molecule has 6 heteroatoms. The van der Waals surface area contributed by atoms with Crippen molar-refractivity contribution >= 4 is 20.8 Å². The number of hydrogen-bond donors (Lipinski definition) is 2. The second kappa shape index (κ2) is 6.47. The lowest BCUT2D eigenvalue weighted by atomic mass is 9.96. The average Bonchev–Trinajstić information content (AvgIpc) is 2.55. The Morgan fingerprint density at radius 2 is 1.91 bits per heavy atom. The average molecular weight is 334 g/mol. The van der Waals surface area contributed by atoms with Crippen molar-refractivity contribution < 1.29 is 13.2 Å². The van der Waals surface area contributed by atoms with Gasteiger partial charge in [-0.05, 0) is 31.0 Å². The zero-order valence-corrected chi connectivity index (χ0v) is 14.2. The summed E-state index contributed by atoms with van der Waals surface area (Å²) in [5.41, 5.74) is 0. The van der Waals surface area contributed by atoms with Crippen LogP contribution in [0.5, 0.6) is 5.75 Å². The van der Waals surface area contributed by atoms with E-state index in [2.05, 4.69) is 17.0 Å². The molecule has 2 aromatic rings. The molecule has 2 unspecified atom stereocenters. The zero-order valence-electron chi connectivity index (χ0n) is 13.4. The molecule has 1 aliphatic rings. The Morgan fingerprint density at radius 3 is 2.61 bits per heavy atom. The van der Waals surface area contributed by atoms with Crippen molar-refractivity contribution in [3.05, 3.63) is 36.4 Å². The van der Waals surface area contributed by atoms with Gasteiger partial charge in [0.25, 0.3) is 0 Å². The summed E-state index contributed by atoms with van der Waals surface area (Å²) in [4.78, 5) is 0.298. The molecule has 3 rings (SSSR count). The minimum atomic E-state index is -3.59. The van der Waals surface area contributed by atoms with Crippen LogP contribution in [0.3, 0.4) is 0 Å². The van der Waals surface area contributed by atoms with Crippen molar-refractivity contribution in [2.24, 2.45) is 5.92 Å². The van der Waals surface area contributed by atoms with E-state index in [0.29, 0.717) is 28.5 Å². The predicted molar refractivity (Wildman–Crippen MR) is 91.3 cm³/mol.